The number of carbonyl (C=O) groups is 1. The lowest BCUT2D eigenvalue weighted by Crippen LogP contribution is -2.32. The van der Waals surface area contributed by atoms with E-state index in [4.69, 9.17) is 0 Å². The summed E-state index contributed by atoms with van der Waals surface area (Å²) in [5, 5.41) is 0.347. The van der Waals surface area contributed by atoms with Crippen molar-refractivity contribution >= 4 is 16.9 Å². The average Bonchev–Trinajstić information content (AvgIpc) is 2.34. The van der Waals surface area contributed by atoms with Crippen LogP contribution in [0.4, 0.5) is 0 Å². The fourth-order valence-corrected chi connectivity index (χ4v) is 1.55. The lowest BCUT2D eigenvalue weighted by atomic mass is 10.1. The van der Waals surface area contributed by atoms with Gasteiger partial charge in [0.25, 0.3) is 5.56 Å². The highest BCUT2D eigenvalue weighted by Crippen LogP contribution is 2.09. The Labute approximate surface area is 95.5 Å². The van der Waals surface area contributed by atoms with E-state index in [0.29, 0.717) is 10.9 Å². The zero-order valence-electron chi connectivity index (χ0n) is 9.31. The molecule has 2 rings (SSSR count). The van der Waals surface area contributed by atoms with Crippen LogP contribution in [-0.4, -0.2) is 22.6 Å². The van der Waals surface area contributed by atoms with Crippen LogP contribution in [0.3, 0.4) is 0 Å². The Hall–Kier alpha value is -2.37. The van der Waals surface area contributed by atoms with E-state index in [2.05, 4.69) is 9.72 Å². The van der Waals surface area contributed by atoms with Crippen molar-refractivity contribution in [1.29, 1.82) is 0 Å². The highest BCUT2D eigenvalue weighted by molar-refractivity contribution is 5.93. The molecular weight excluding hydrogens is 224 g/mol. The lowest BCUT2D eigenvalue weighted by Gasteiger charge is -2.03. The first-order valence-corrected chi connectivity index (χ1v) is 4.86. The summed E-state index contributed by atoms with van der Waals surface area (Å²) in [6, 6.07) is 4.39. The molecule has 6 heteroatoms. The van der Waals surface area contributed by atoms with E-state index in [9.17, 15) is 14.4 Å². The van der Waals surface area contributed by atoms with Crippen LogP contribution in [0.15, 0.2) is 27.8 Å². The number of hydrogen-bond acceptors (Lipinski definition) is 4. The van der Waals surface area contributed by atoms with E-state index in [1.807, 2.05) is 0 Å². The minimum Gasteiger partial charge on any atom is -0.465 e. The standard InChI is InChI=1S/C11H10N2O4/c1-13-9(14)7-4-3-6(10(15)17-2)5-8(7)12-11(13)16/h3-5H,1-2H3,(H,12,16). The zero-order chi connectivity index (χ0) is 12.6. The molecule has 0 radical (unpaired) electrons. The maximum atomic E-state index is 11.7. The number of rotatable bonds is 1. The average molecular weight is 234 g/mol. The number of methoxy groups -OCH3 is 1. The Morgan fingerprint density at radius 1 is 1.35 bits per heavy atom. The van der Waals surface area contributed by atoms with Crippen molar-refractivity contribution in [1.82, 2.24) is 9.55 Å². The maximum Gasteiger partial charge on any atom is 0.337 e. The van der Waals surface area contributed by atoms with Crippen LogP contribution in [-0.2, 0) is 11.8 Å². The van der Waals surface area contributed by atoms with Gasteiger partial charge in [-0.2, -0.15) is 0 Å². The number of carbonyl (C=O) groups excluding carboxylic acids is 1. The SMILES string of the molecule is COC(=O)c1ccc2c(=O)n(C)c(=O)[nH]c2c1. The fraction of sp³-hybridized carbons (Fsp3) is 0.182. The first-order valence-electron chi connectivity index (χ1n) is 4.86. The number of aromatic nitrogens is 2. The van der Waals surface area contributed by atoms with Crippen LogP contribution in [0, 0.1) is 0 Å². The molecule has 0 spiro atoms. The number of nitrogens with one attached hydrogen (secondary N) is 1. The van der Waals surface area contributed by atoms with Gasteiger partial charge in [-0.15, -0.1) is 0 Å². The monoisotopic (exact) mass is 234 g/mol. The van der Waals surface area contributed by atoms with Crippen molar-refractivity contribution in [3.8, 4) is 0 Å². The van der Waals surface area contributed by atoms with Crippen LogP contribution < -0.4 is 11.2 Å². The Morgan fingerprint density at radius 2 is 2.06 bits per heavy atom. The van der Waals surface area contributed by atoms with Gasteiger partial charge in [-0.25, -0.2) is 9.59 Å². The Morgan fingerprint density at radius 3 is 2.71 bits per heavy atom. The molecule has 0 aliphatic carbocycles. The summed E-state index contributed by atoms with van der Waals surface area (Å²) < 4.78 is 5.53. The second kappa shape index (κ2) is 3.89. The highest BCUT2D eigenvalue weighted by atomic mass is 16.5. The summed E-state index contributed by atoms with van der Waals surface area (Å²) in [4.78, 5) is 36.9. The van der Waals surface area contributed by atoms with Gasteiger partial charge in [0, 0.05) is 7.05 Å². The van der Waals surface area contributed by atoms with Gasteiger partial charge in [0.05, 0.1) is 23.6 Å². The van der Waals surface area contributed by atoms with E-state index in [1.165, 1.54) is 32.4 Å². The van der Waals surface area contributed by atoms with Gasteiger partial charge < -0.3 is 9.72 Å². The maximum absolute atomic E-state index is 11.7. The van der Waals surface area contributed by atoms with Crippen molar-refractivity contribution in [2.24, 2.45) is 7.05 Å². The van der Waals surface area contributed by atoms with Crippen LogP contribution >= 0.6 is 0 Å². The smallest absolute Gasteiger partial charge is 0.337 e. The van der Waals surface area contributed by atoms with E-state index < -0.39 is 17.2 Å². The molecule has 0 aliphatic rings. The number of esters is 1. The van der Waals surface area contributed by atoms with Crippen LogP contribution in [0.5, 0.6) is 0 Å². The van der Waals surface area contributed by atoms with Crippen molar-refractivity contribution in [3.63, 3.8) is 0 Å². The fourth-order valence-electron chi connectivity index (χ4n) is 1.55. The van der Waals surface area contributed by atoms with Gasteiger partial charge in [0.15, 0.2) is 0 Å². The topological polar surface area (TPSA) is 81.2 Å². The number of benzene rings is 1. The summed E-state index contributed by atoms with van der Waals surface area (Å²) >= 11 is 0. The summed E-state index contributed by atoms with van der Waals surface area (Å²) in [5.41, 5.74) is -0.324. The Kier molecular flexibility index (Phi) is 2.55. The van der Waals surface area contributed by atoms with Crippen molar-refractivity contribution < 1.29 is 9.53 Å². The summed E-state index contributed by atoms with van der Waals surface area (Å²) in [6.07, 6.45) is 0. The van der Waals surface area contributed by atoms with Crippen molar-refractivity contribution in [3.05, 3.63) is 44.6 Å². The predicted octanol–water partition coefficient (Wildman–Crippen LogP) is 0.0134. The largest absolute Gasteiger partial charge is 0.465 e. The lowest BCUT2D eigenvalue weighted by molar-refractivity contribution is 0.0601. The highest BCUT2D eigenvalue weighted by Gasteiger charge is 2.09. The molecule has 0 amide bonds. The number of nitrogens with zero attached hydrogens (tertiary/aromatic N) is 1. The van der Waals surface area contributed by atoms with Gasteiger partial charge in [-0.05, 0) is 18.2 Å². The molecule has 0 fully saturated rings. The molecule has 1 heterocycles. The first-order chi connectivity index (χ1) is 8.04. The molecule has 0 aliphatic heterocycles. The number of fused-ring (bicyclic) bond motifs is 1. The molecule has 0 unspecified atom stereocenters. The molecule has 0 saturated carbocycles. The van der Waals surface area contributed by atoms with Gasteiger partial charge >= 0.3 is 11.7 Å². The minimum absolute atomic E-state index is 0.281. The molecule has 6 nitrogen and oxygen atoms in total. The third-order valence-corrected chi connectivity index (χ3v) is 2.52. The summed E-state index contributed by atoms with van der Waals surface area (Å²) in [7, 11) is 2.65. The zero-order valence-corrected chi connectivity index (χ0v) is 9.31. The second-order valence-corrected chi connectivity index (χ2v) is 3.55. The van der Waals surface area contributed by atoms with Gasteiger partial charge in [-0.1, -0.05) is 0 Å². The van der Waals surface area contributed by atoms with Crippen molar-refractivity contribution in [2.75, 3.05) is 7.11 Å². The summed E-state index contributed by atoms with van der Waals surface area (Å²) in [5.74, 6) is -0.520. The Balaban J connectivity index is 2.80. The predicted molar refractivity (Wildman–Crippen MR) is 61.1 cm³/mol. The minimum atomic E-state index is -0.524. The first kappa shape index (κ1) is 11.1. The van der Waals surface area contributed by atoms with Crippen LogP contribution in [0.25, 0.3) is 10.9 Å². The summed E-state index contributed by atoms with van der Waals surface area (Å²) in [6.45, 7) is 0. The molecular formula is C11H10N2O4. The molecule has 1 aromatic heterocycles. The molecule has 1 N–H and O–H groups in total. The molecule has 0 bridgehead atoms. The van der Waals surface area contributed by atoms with Gasteiger partial charge in [0.1, 0.15) is 0 Å². The Bertz CT molecular complexity index is 711. The second-order valence-electron chi connectivity index (χ2n) is 3.55. The molecule has 1 aromatic carbocycles. The van der Waals surface area contributed by atoms with Gasteiger partial charge in [0.2, 0.25) is 0 Å². The van der Waals surface area contributed by atoms with E-state index in [-0.39, 0.29) is 5.56 Å². The number of ether oxygens (including phenoxy) is 1. The number of hydrogen-bond donors (Lipinski definition) is 1. The molecule has 88 valence electrons. The third kappa shape index (κ3) is 1.73. The van der Waals surface area contributed by atoms with E-state index in [0.717, 1.165) is 4.57 Å². The third-order valence-electron chi connectivity index (χ3n) is 2.52. The quantitative estimate of drug-likeness (QED) is 0.705. The molecule has 17 heavy (non-hydrogen) atoms. The normalized spacial score (nSPS) is 10.5. The van der Waals surface area contributed by atoms with Crippen LogP contribution in [0.2, 0.25) is 0 Å². The van der Waals surface area contributed by atoms with E-state index in [1.54, 1.807) is 0 Å². The van der Waals surface area contributed by atoms with Crippen LogP contribution in [0.1, 0.15) is 10.4 Å². The molecule has 0 atom stereocenters. The van der Waals surface area contributed by atoms with E-state index >= 15 is 0 Å². The molecule has 2 aromatic rings. The number of aromatic amines is 1. The number of H-pyrrole nitrogens is 1. The van der Waals surface area contributed by atoms with Gasteiger partial charge in [-0.3, -0.25) is 9.36 Å². The van der Waals surface area contributed by atoms with Crippen molar-refractivity contribution in [2.45, 2.75) is 0 Å². The molecule has 0 saturated heterocycles.